The van der Waals surface area contributed by atoms with E-state index in [4.69, 9.17) is 5.10 Å². The molecule has 1 aromatic heterocycles. The van der Waals surface area contributed by atoms with Crippen LogP contribution < -0.4 is 0 Å². The number of hydrogen-bond acceptors (Lipinski definition) is 2. The highest BCUT2D eigenvalue weighted by Crippen LogP contribution is 2.32. The molecule has 3 nitrogen and oxygen atoms in total. The van der Waals surface area contributed by atoms with Crippen LogP contribution in [0.2, 0.25) is 0 Å². The fourth-order valence-corrected chi connectivity index (χ4v) is 3.10. The summed E-state index contributed by atoms with van der Waals surface area (Å²) in [5, 5.41) is 4.78. The largest absolute Gasteiger partial charge is 0.294 e. The van der Waals surface area contributed by atoms with E-state index in [1.807, 2.05) is 65.3 Å². The Hall–Kier alpha value is -2.68. The van der Waals surface area contributed by atoms with Gasteiger partial charge in [-0.1, -0.05) is 48.5 Å². The second-order valence-corrected chi connectivity index (χ2v) is 5.56. The van der Waals surface area contributed by atoms with Crippen molar-refractivity contribution in [2.75, 3.05) is 0 Å². The molecule has 0 fully saturated rings. The molecule has 0 bridgehead atoms. The summed E-state index contributed by atoms with van der Waals surface area (Å²) in [6.07, 6.45) is 2.42. The first-order valence-electron chi connectivity index (χ1n) is 7.60. The van der Waals surface area contributed by atoms with E-state index in [0.29, 0.717) is 6.42 Å². The van der Waals surface area contributed by atoms with Gasteiger partial charge in [0.1, 0.15) is 5.69 Å². The van der Waals surface area contributed by atoms with Gasteiger partial charge >= 0.3 is 0 Å². The Morgan fingerprint density at radius 3 is 2.27 bits per heavy atom. The van der Waals surface area contributed by atoms with Gasteiger partial charge in [-0.3, -0.25) is 4.79 Å². The fraction of sp³-hybridized carbons (Fsp3) is 0.158. The van der Waals surface area contributed by atoms with Gasteiger partial charge in [-0.05, 0) is 25.0 Å². The zero-order valence-corrected chi connectivity index (χ0v) is 12.2. The van der Waals surface area contributed by atoms with Crippen LogP contribution >= 0.6 is 0 Å². The molecule has 0 radical (unpaired) electrons. The third-order valence-corrected chi connectivity index (χ3v) is 4.13. The zero-order valence-electron chi connectivity index (χ0n) is 12.2. The minimum Gasteiger partial charge on any atom is -0.294 e. The summed E-state index contributed by atoms with van der Waals surface area (Å²) in [6, 6.07) is 20.0. The van der Waals surface area contributed by atoms with Crippen LogP contribution in [0.15, 0.2) is 60.7 Å². The van der Waals surface area contributed by atoms with E-state index in [1.54, 1.807) is 0 Å². The second kappa shape index (κ2) is 5.26. The molecule has 0 aliphatic heterocycles. The molecule has 2 aromatic carbocycles. The van der Waals surface area contributed by atoms with Crippen molar-refractivity contribution in [3.8, 4) is 16.9 Å². The number of ketones is 1. The molecule has 0 N–H and O–H groups in total. The van der Waals surface area contributed by atoms with E-state index in [9.17, 15) is 4.79 Å². The van der Waals surface area contributed by atoms with Crippen LogP contribution in [-0.4, -0.2) is 15.6 Å². The first kappa shape index (κ1) is 13.0. The summed E-state index contributed by atoms with van der Waals surface area (Å²) in [5.74, 6) is 0.210. The van der Waals surface area contributed by atoms with Crippen molar-refractivity contribution < 1.29 is 4.79 Å². The number of aromatic nitrogens is 2. The van der Waals surface area contributed by atoms with Crippen molar-refractivity contribution in [3.05, 3.63) is 71.9 Å². The lowest BCUT2D eigenvalue weighted by Gasteiger charge is -2.13. The van der Waals surface area contributed by atoms with Crippen LogP contribution in [-0.2, 0) is 6.42 Å². The minimum absolute atomic E-state index is 0.210. The highest BCUT2D eigenvalue weighted by molar-refractivity contribution is 6.03. The highest BCUT2D eigenvalue weighted by Gasteiger charge is 2.27. The predicted octanol–water partition coefficient (Wildman–Crippen LogP) is 4.06. The third-order valence-electron chi connectivity index (χ3n) is 4.13. The molecule has 3 aromatic rings. The first-order valence-corrected chi connectivity index (χ1v) is 7.60. The van der Waals surface area contributed by atoms with Crippen LogP contribution in [0.1, 0.15) is 28.9 Å². The molecule has 3 heteroatoms. The number of para-hydroxylation sites is 1. The second-order valence-electron chi connectivity index (χ2n) is 5.56. The number of benzene rings is 2. The average Bonchev–Trinajstić information content (AvgIpc) is 2.98. The zero-order chi connectivity index (χ0) is 14.9. The Labute approximate surface area is 129 Å². The molecule has 1 heterocycles. The van der Waals surface area contributed by atoms with Crippen LogP contribution in [0, 0.1) is 0 Å². The summed E-state index contributed by atoms with van der Waals surface area (Å²) in [7, 11) is 0. The third kappa shape index (κ3) is 2.06. The van der Waals surface area contributed by atoms with E-state index in [0.717, 1.165) is 41.0 Å². The van der Waals surface area contributed by atoms with Crippen molar-refractivity contribution in [3.63, 3.8) is 0 Å². The number of nitrogens with zero attached hydrogens (tertiary/aromatic N) is 2. The van der Waals surface area contributed by atoms with Gasteiger partial charge < -0.3 is 0 Å². The lowest BCUT2D eigenvalue weighted by Crippen LogP contribution is -2.13. The van der Waals surface area contributed by atoms with E-state index in [2.05, 4.69) is 0 Å². The van der Waals surface area contributed by atoms with Crippen molar-refractivity contribution in [2.45, 2.75) is 19.3 Å². The highest BCUT2D eigenvalue weighted by atomic mass is 16.1. The average molecular weight is 288 g/mol. The maximum atomic E-state index is 12.5. The smallest absolute Gasteiger partial charge is 0.166 e. The molecule has 0 spiro atoms. The lowest BCUT2D eigenvalue weighted by atomic mass is 9.92. The molecule has 4 rings (SSSR count). The molecule has 0 saturated carbocycles. The Morgan fingerprint density at radius 2 is 1.55 bits per heavy atom. The van der Waals surface area contributed by atoms with Gasteiger partial charge in [0.15, 0.2) is 5.78 Å². The van der Waals surface area contributed by atoms with Crippen molar-refractivity contribution >= 4 is 5.78 Å². The van der Waals surface area contributed by atoms with Gasteiger partial charge in [0.25, 0.3) is 0 Å². The van der Waals surface area contributed by atoms with Crippen molar-refractivity contribution in [1.29, 1.82) is 0 Å². The van der Waals surface area contributed by atoms with Gasteiger partial charge in [0.2, 0.25) is 0 Å². The molecule has 22 heavy (non-hydrogen) atoms. The Morgan fingerprint density at radius 1 is 0.864 bits per heavy atom. The van der Waals surface area contributed by atoms with E-state index in [-0.39, 0.29) is 5.78 Å². The normalized spacial score (nSPS) is 13.9. The quantitative estimate of drug-likeness (QED) is 0.712. The molecule has 0 unspecified atom stereocenters. The fourth-order valence-electron chi connectivity index (χ4n) is 3.10. The Bertz CT molecular complexity index is 819. The molecular formula is C19H16N2O. The number of hydrogen-bond donors (Lipinski definition) is 0. The van der Waals surface area contributed by atoms with Gasteiger partial charge in [0, 0.05) is 12.0 Å². The van der Waals surface area contributed by atoms with Gasteiger partial charge in [-0.15, -0.1) is 0 Å². The SMILES string of the molecule is O=C1CCCc2c1c(-c1ccccc1)nn2-c1ccccc1. The first-order chi connectivity index (χ1) is 10.8. The summed E-state index contributed by atoms with van der Waals surface area (Å²) < 4.78 is 1.94. The molecule has 1 aliphatic rings. The monoisotopic (exact) mass is 288 g/mol. The maximum absolute atomic E-state index is 12.5. The number of fused-ring (bicyclic) bond motifs is 1. The maximum Gasteiger partial charge on any atom is 0.166 e. The van der Waals surface area contributed by atoms with E-state index >= 15 is 0 Å². The van der Waals surface area contributed by atoms with Gasteiger partial charge in [0.05, 0.1) is 16.9 Å². The minimum atomic E-state index is 0.210. The van der Waals surface area contributed by atoms with E-state index in [1.165, 1.54) is 0 Å². The predicted molar refractivity (Wildman–Crippen MR) is 86.3 cm³/mol. The van der Waals surface area contributed by atoms with E-state index < -0.39 is 0 Å². The summed E-state index contributed by atoms with van der Waals surface area (Å²) in [6.45, 7) is 0. The van der Waals surface area contributed by atoms with Crippen molar-refractivity contribution in [1.82, 2.24) is 9.78 Å². The number of carbonyl (C=O) groups excluding carboxylic acids is 1. The molecule has 0 amide bonds. The summed E-state index contributed by atoms with van der Waals surface area (Å²) in [5.41, 5.74) is 4.67. The lowest BCUT2D eigenvalue weighted by molar-refractivity contribution is 0.0973. The summed E-state index contributed by atoms with van der Waals surface area (Å²) >= 11 is 0. The molecule has 108 valence electrons. The molecular weight excluding hydrogens is 272 g/mol. The van der Waals surface area contributed by atoms with Gasteiger partial charge in [-0.2, -0.15) is 5.10 Å². The molecule has 1 aliphatic carbocycles. The number of carbonyl (C=O) groups is 1. The van der Waals surface area contributed by atoms with Crippen LogP contribution in [0.25, 0.3) is 16.9 Å². The molecule has 0 saturated heterocycles. The summed E-state index contributed by atoms with van der Waals surface area (Å²) in [4.78, 5) is 12.5. The molecule has 0 atom stereocenters. The number of Topliss-reactive ketones (excluding diaryl/α,β-unsaturated/α-hetero) is 1. The van der Waals surface area contributed by atoms with Crippen molar-refractivity contribution in [2.24, 2.45) is 0 Å². The number of rotatable bonds is 2. The standard InChI is InChI=1S/C19H16N2O/c22-17-13-7-12-16-18(17)19(14-8-3-1-4-9-14)20-21(16)15-10-5-2-6-11-15/h1-6,8-11H,7,12-13H2. The van der Waals surface area contributed by atoms with Crippen LogP contribution in [0.3, 0.4) is 0 Å². The van der Waals surface area contributed by atoms with Crippen LogP contribution in [0.4, 0.5) is 0 Å². The van der Waals surface area contributed by atoms with Gasteiger partial charge in [-0.25, -0.2) is 4.68 Å². The Kier molecular flexibility index (Phi) is 3.11. The van der Waals surface area contributed by atoms with Crippen LogP contribution in [0.5, 0.6) is 0 Å². The topological polar surface area (TPSA) is 34.9 Å². The Balaban J connectivity index is 1.97.